The first-order valence-electron chi connectivity index (χ1n) is 5.02. The Hall–Kier alpha value is -1.36. The molecule has 0 aliphatic heterocycles. The Morgan fingerprint density at radius 3 is 2.60 bits per heavy atom. The molecule has 1 rings (SSSR count). The molecule has 1 heterocycles. The number of anilines is 1. The van der Waals surface area contributed by atoms with Gasteiger partial charge in [0.1, 0.15) is 0 Å². The van der Waals surface area contributed by atoms with Crippen LogP contribution in [0.4, 0.5) is 5.82 Å². The van der Waals surface area contributed by atoms with Crippen LogP contribution in [-0.2, 0) is 11.8 Å². The van der Waals surface area contributed by atoms with Crippen LogP contribution in [0, 0.1) is 5.92 Å². The van der Waals surface area contributed by atoms with Crippen molar-refractivity contribution in [3.63, 3.8) is 0 Å². The van der Waals surface area contributed by atoms with Crippen molar-refractivity contribution >= 4 is 11.7 Å². The van der Waals surface area contributed by atoms with Crippen LogP contribution < -0.4 is 10.6 Å². The summed E-state index contributed by atoms with van der Waals surface area (Å²) in [4.78, 5) is 11.8. The van der Waals surface area contributed by atoms with Gasteiger partial charge in [0.2, 0.25) is 5.91 Å². The highest BCUT2D eigenvalue weighted by atomic mass is 16.2. The molecule has 15 heavy (non-hydrogen) atoms. The standard InChI is InChI=1S/C10H18N4O/c1-7(2)9(11-3)10(15)12-8-5-6-14(4)13-8/h5-7,9,11H,1-4H3,(H,12,13,15). The molecule has 5 nitrogen and oxygen atoms in total. The summed E-state index contributed by atoms with van der Waals surface area (Å²) in [7, 11) is 3.59. The molecule has 1 aromatic rings. The zero-order chi connectivity index (χ0) is 11.4. The number of carbonyl (C=O) groups is 1. The summed E-state index contributed by atoms with van der Waals surface area (Å²) >= 11 is 0. The van der Waals surface area contributed by atoms with Crippen LogP contribution in [0.15, 0.2) is 12.3 Å². The number of hydrogen-bond donors (Lipinski definition) is 2. The van der Waals surface area contributed by atoms with Gasteiger partial charge in [-0.1, -0.05) is 13.8 Å². The van der Waals surface area contributed by atoms with Gasteiger partial charge in [-0.3, -0.25) is 9.48 Å². The number of nitrogens with zero attached hydrogens (tertiary/aromatic N) is 2. The van der Waals surface area contributed by atoms with Crippen molar-refractivity contribution in [3.05, 3.63) is 12.3 Å². The van der Waals surface area contributed by atoms with E-state index in [1.165, 1.54) is 0 Å². The molecule has 0 aromatic carbocycles. The van der Waals surface area contributed by atoms with Gasteiger partial charge in [-0.2, -0.15) is 5.10 Å². The zero-order valence-electron chi connectivity index (χ0n) is 9.61. The van der Waals surface area contributed by atoms with Crippen molar-refractivity contribution in [3.8, 4) is 0 Å². The molecule has 0 bridgehead atoms. The smallest absolute Gasteiger partial charge is 0.242 e. The maximum absolute atomic E-state index is 11.8. The molecule has 0 spiro atoms. The predicted octanol–water partition coefficient (Wildman–Crippen LogP) is 0.603. The minimum atomic E-state index is -0.188. The third kappa shape index (κ3) is 3.06. The molecule has 0 aliphatic rings. The average Bonchev–Trinajstić information content (AvgIpc) is 2.51. The van der Waals surface area contributed by atoms with Gasteiger partial charge in [0.25, 0.3) is 0 Å². The maximum Gasteiger partial charge on any atom is 0.242 e. The fourth-order valence-corrected chi connectivity index (χ4v) is 1.45. The Morgan fingerprint density at radius 2 is 2.20 bits per heavy atom. The second kappa shape index (κ2) is 4.93. The molecule has 5 heteroatoms. The molecule has 2 N–H and O–H groups in total. The van der Waals surface area contributed by atoms with Gasteiger partial charge in [0.05, 0.1) is 6.04 Å². The fraction of sp³-hybridized carbons (Fsp3) is 0.600. The van der Waals surface area contributed by atoms with E-state index in [0.717, 1.165) is 0 Å². The molecule has 1 atom stereocenters. The highest BCUT2D eigenvalue weighted by Gasteiger charge is 2.20. The number of carbonyl (C=O) groups excluding carboxylic acids is 1. The van der Waals surface area contributed by atoms with Crippen molar-refractivity contribution in [2.45, 2.75) is 19.9 Å². The number of nitrogens with one attached hydrogen (secondary N) is 2. The van der Waals surface area contributed by atoms with E-state index >= 15 is 0 Å². The van der Waals surface area contributed by atoms with Crippen molar-refractivity contribution < 1.29 is 4.79 Å². The summed E-state index contributed by atoms with van der Waals surface area (Å²) in [5.74, 6) is 0.785. The molecular weight excluding hydrogens is 192 g/mol. The molecule has 0 radical (unpaired) electrons. The molecule has 84 valence electrons. The normalized spacial score (nSPS) is 12.9. The van der Waals surface area contributed by atoms with E-state index in [1.807, 2.05) is 20.9 Å². The first kappa shape index (κ1) is 11.7. The first-order chi connectivity index (χ1) is 7.04. The molecule has 0 fully saturated rings. The Morgan fingerprint density at radius 1 is 1.53 bits per heavy atom. The lowest BCUT2D eigenvalue weighted by atomic mass is 10.0. The van der Waals surface area contributed by atoms with Crippen LogP contribution in [-0.4, -0.2) is 28.8 Å². The third-order valence-electron chi connectivity index (χ3n) is 2.23. The molecule has 1 amide bonds. The van der Waals surface area contributed by atoms with Crippen molar-refractivity contribution in [2.24, 2.45) is 13.0 Å². The van der Waals surface area contributed by atoms with Crippen molar-refractivity contribution in [2.75, 3.05) is 12.4 Å². The lowest BCUT2D eigenvalue weighted by Gasteiger charge is -2.18. The summed E-state index contributed by atoms with van der Waals surface area (Å²) in [6.45, 7) is 4.00. The SMILES string of the molecule is CNC(C(=O)Nc1ccn(C)n1)C(C)C. The Bertz CT molecular complexity index is 332. The van der Waals surface area contributed by atoms with E-state index in [-0.39, 0.29) is 17.9 Å². The number of rotatable bonds is 4. The van der Waals surface area contributed by atoms with E-state index in [1.54, 1.807) is 24.0 Å². The van der Waals surface area contributed by atoms with Crippen LogP contribution >= 0.6 is 0 Å². The zero-order valence-corrected chi connectivity index (χ0v) is 9.61. The lowest BCUT2D eigenvalue weighted by Crippen LogP contribution is -2.42. The van der Waals surface area contributed by atoms with E-state index in [0.29, 0.717) is 5.82 Å². The molecule has 0 saturated heterocycles. The monoisotopic (exact) mass is 210 g/mol. The first-order valence-corrected chi connectivity index (χ1v) is 5.02. The van der Waals surface area contributed by atoms with Gasteiger partial charge in [-0.15, -0.1) is 0 Å². The molecule has 1 aromatic heterocycles. The van der Waals surface area contributed by atoms with Crippen LogP contribution in [0.3, 0.4) is 0 Å². The minimum Gasteiger partial charge on any atom is -0.309 e. The highest BCUT2D eigenvalue weighted by Crippen LogP contribution is 2.06. The minimum absolute atomic E-state index is 0.0498. The summed E-state index contributed by atoms with van der Waals surface area (Å²) in [5.41, 5.74) is 0. The molecule has 1 unspecified atom stereocenters. The summed E-state index contributed by atoms with van der Waals surface area (Å²) < 4.78 is 1.65. The second-order valence-corrected chi connectivity index (χ2v) is 3.87. The lowest BCUT2D eigenvalue weighted by molar-refractivity contribution is -0.119. The number of hydrogen-bond acceptors (Lipinski definition) is 3. The van der Waals surface area contributed by atoms with E-state index in [2.05, 4.69) is 15.7 Å². The quantitative estimate of drug-likeness (QED) is 0.765. The van der Waals surface area contributed by atoms with E-state index in [9.17, 15) is 4.79 Å². The van der Waals surface area contributed by atoms with E-state index in [4.69, 9.17) is 0 Å². The van der Waals surface area contributed by atoms with Crippen LogP contribution in [0.1, 0.15) is 13.8 Å². The molecule has 0 saturated carbocycles. The third-order valence-corrected chi connectivity index (χ3v) is 2.23. The Kier molecular flexibility index (Phi) is 3.85. The average molecular weight is 210 g/mol. The predicted molar refractivity (Wildman–Crippen MR) is 59.5 cm³/mol. The summed E-state index contributed by atoms with van der Waals surface area (Å²) in [5, 5.41) is 9.83. The number of likely N-dealkylation sites (N-methyl/N-ethyl adjacent to an activating group) is 1. The Balaban J connectivity index is 2.62. The van der Waals surface area contributed by atoms with Gasteiger partial charge >= 0.3 is 0 Å². The second-order valence-electron chi connectivity index (χ2n) is 3.87. The largest absolute Gasteiger partial charge is 0.309 e. The van der Waals surface area contributed by atoms with Gasteiger partial charge in [-0.05, 0) is 13.0 Å². The van der Waals surface area contributed by atoms with Crippen LogP contribution in [0.5, 0.6) is 0 Å². The van der Waals surface area contributed by atoms with Gasteiger partial charge in [0.15, 0.2) is 5.82 Å². The van der Waals surface area contributed by atoms with Crippen molar-refractivity contribution in [1.82, 2.24) is 15.1 Å². The number of aromatic nitrogens is 2. The van der Waals surface area contributed by atoms with Crippen molar-refractivity contribution in [1.29, 1.82) is 0 Å². The van der Waals surface area contributed by atoms with Crippen LogP contribution in [0.2, 0.25) is 0 Å². The Labute approximate surface area is 89.9 Å². The summed E-state index contributed by atoms with van der Waals surface area (Å²) in [6, 6.07) is 1.58. The highest BCUT2D eigenvalue weighted by molar-refractivity contribution is 5.94. The maximum atomic E-state index is 11.8. The molecule has 0 aliphatic carbocycles. The number of amides is 1. The number of aryl methyl sites for hydroxylation is 1. The van der Waals surface area contributed by atoms with Gasteiger partial charge < -0.3 is 10.6 Å². The van der Waals surface area contributed by atoms with Gasteiger partial charge in [0, 0.05) is 19.3 Å². The van der Waals surface area contributed by atoms with Crippen LogP contribution in [0.25, 0.3) is 0 Å². The van der Waals surface area contributed by atoms with E-state index < -0.39 is 0 Å². The fourth-order valence-electron chi connectivity index (χ4n) is 1.45. The summed E-state index contributed by atoms with van der Waals surface area (Å²) in [6.07, 6.45) is 1.79. The molecular formula is C10H18N4O. The topological polar surface area (TPSA) is 59.0 Å². The van der Waals surface area contributed by atoms with Gasteiger partial charge in [-0.25, -0.2) is 0 Å².